The Balaban J connectivity index is 2.18. The highest BCUT2D eigenvalue weighted by atomic mass is 32.2. The van der Waals surface area contributed by atoms with Gasteiger partial charge in [0.1, 0.15) is 5.82 Å². The van der Waals surface area contributed by atoms with Gasteiger partial charge in [0, 0.05) is 19.0 Å². The van der Waals surface area contributed by atoms with E-state index in [0.29, 0.717) is 12.2 Å². The number of nitrogens with zero attached hydrogens (tertiary/aromatic N) is 4. The first-order valence-electron chi connectivity index (χ1n) is 6.58. The molecule has 0 unspecified atom stereocenters. The zero-order valence-corrected chi connectivity index (χ0v) is 12.2. The minimum atomic E-state index is -3.82. The molecule has 2 rings (SSSR count). The molecule has 0 radical (unpaired) electrons. The van der Waals surface area contributed by atoms with Gasteiger partial charge >= 0.3 is 0 Å². The van der Waals surface area contributed by atoms with Gasteiger partial charge in [-0.25, -0.2) is 13.6 Å². The van der Waals surface area contributed by atoms with E-state index in [-0.39, 0.29) is 11.2 Å². The molecule has 0 aliphatic carbocycles. The largest absolute Gasteiger partial charge is 0.303 e. The zero-order chi connectivity index (χ0) is 14.0. The first-order chi connectivity index (χ1) is 8.89. The maximum Gasteiger partial charge on any atom is 0.273 e. The summed E-state index contributed by atoms with van der Waals surface area (Å²) in [6.45, 7) is 6.90. The fourth-order valence-electron chi connectivity index (χ4n) is 2.45. The zero-order valence-electron chi connectivity index (χ0n) is 11.4. The number of rotatable bonds is 5. The minimum Gasteiger partial charge on any atom is -0.303 e. The number of aromatic nitrogens is 3. The molecule has 1 saturated heterocycles. The maximum atomic E-state index is 11.5. The van der Waals surface area contributed by atoms with Gasteiger partial charge < -0.3 is 4.90 Å². The third-order valence-corrected chi connectivity index (χ3v) is 4.14. The van der Waals surface area contributed by atoms with E-state index in [4.69, 9.17) is 5.14 Å². The molecule has 1 fully saturated rings. The Morgan fingerprint density at radius 3 is 2.42 bits per heavy atom. The summed E-state index contributed by atoms with van der Waals surface area (Å²) in [6, 6.07) is -0.0306. The van der Waals surface area contributed by atoms with Crippen LogP contribution in [0, 0.1) is 0 Å². The molecular weight excluding hydrogens is 266 g/mol. The predicted molar refractivity (Wildman–Crippen MR) is 71.2 cm³/mol. The number of sulfonamides is 1. The highest BCUT2D eigenvalue weighted by molar-refractivity contribution is 7.89. The fourth-order valence-corrected chi connectivity index (χ4v) is 3.20. The number of hydrogen-bond donors (Lipinski definition) is 1. The molecule has 8 heteroatoms. The summed E-state index contributed by atoms with van der Waals surface area (Å²) in [7, 11) is -3.82. The average Bonchev–Trinajstić information content (AvgIpc) is 2.94. The van der Waals surface area contributed by atoms with Gasteiger partial charge in [-0.2, -0.15) is 0 Å². The van der Waals surface area contributed by atoms with Gasteiger partial charge in [0.05, 0.1) is 0 Å². The molecule has 0 bridgehead atoms. The summed E-state index contributed by atoms with van der Waals surface area (Å²) < 4.78 is 24.6. The molecule has 0 spiro atoms. The third kappa shape index (κ3) is 3.31. The van der Waals surface area contributed by atoms with Crippen LogP contribution in [0.5, 0.6) is 0 Å². The van der Waals surface area contributed by atoms with Crippen molar-refractivity contribution < 1.29 is 8.42 Å². The molecule has 19 heavy (non-hydrogen) atoms. The lowest BCUT2D eigenvalue weighted by Gasteiger charge is -2.16. The monoisotopic (exact) mass is 287 g/mol. The Labute approximate surface area is 113 Å². The van der Waals surface area contributed by atoms with Gasteiger partial charge in [-0.05, 0) is 39.8 Å². The van der Waals surface area contributed by atoms with E-state index >= 15 is 0 Å². The van der Waals surface area contributed by atoms with E-state index in [1.165, 1.54) is 12.8 Å². The Morgan fingerprint density at radius 2 is 1.89 bits per heavy atom. The molecule has 0 atom stereocenters. The quantitative estimate of drug-likeness (QED) is 0.831. The summed E-state index contributed by atoms with van der Waals surface area (Å²) in [5, 5.41) is 12.8. The van der Waals surface area contributed by atoms with Crippen molar-refractivity contribution in [3.8, 4) is 0 Å². The van der Waals surface area contributed by atoms with E-state index < -0.39 is 10.0 Å². The van der Waals surface area contributed by atoms with Gasteiger partial charge in [-0.3, -0.25) is 4.57 Å². The average molecular weight is 287 g/mol. The van der Waals surface area contributed by atoms with Crippen LogP contribution in [0.3, 0.4) is 0 Å². The molecule has 1 aromatic rings. The van der Waals surface area contributed by atoms with Crippen molar-refractivity contribution in [1.82, 2.24) is 19.7 Å². The number of likely N-dealkylation sites (tertiary alicyclic amines) is 1. The van der Waals surface area contributed by atoms with Crippen LogP contribution in [-0.4, -0.2) is 47.7 Å². The van der Waals surface area contributed by atoms with Crippen molar-refractivity contribution in [3.05, 3.63) is 5.82 Å². The summed E-state index contributed by atoms with van der Waals surface area (Å²) in [5.74, 6) is 0.686. The molecular formula is C11H21N5O2S. The van der Waals surface area contributed by atoms with Gasteiger partial charge in [0.15, 0.2) is 0 Å². The standard InChI is InChI=1S/C11H21N5O2S/c1-9(2)16-10(5-8-15-6-3-4-7-15)13-14-11(16)19(12,17)18/h9H,3-8H2,1-2H3,(H2,12,17,18). The SMILES string of the molecule is CC(C)n1c(CCN2CCCC2)nnc1S(N)(=O)=O. The van der Waals surface area contributed by atoms with E-state index in [9.17, 15) is 8.42 Å². The van der Waals surface area contributed by atoms with Crippen LogP contribution in [-0.2, 0) is 16.4 Å². The normalized spacial score (nSPS) is 17.5. The molecule has 0 amide bonds. The first kappa shape index (κ1) is 14.4. The van der Waals surface area contributed by atoms with Crippen LogP contribution in [0.1, 0.15) is 38.6 Å². The van der Waals surface area contributed by atoms with Crippen molar-refractivity contribution in [2.75, 3.05) is 19.6 Å². The highest BCUT2D eigenvalue weighted by Crippen LogP contribution is 2.16. The van der Waals surface area contributed by atoms with Crippen LogP contribution in [0.4, 0.5) is 0 Å². The lowest BCUT2D eigenvalue weighted by Crippen LogP contribution is -2.25. The van der Waals surface area contributed by atoms with Crippen LogP contribution in [0.2, 0.25) is 0 Å². The Bertz CT molecular complexity index is 531. The molecule has 7 nitrogen and oxygen atoms in total. The maximum absolute atomic E-state index is 11.5. The lowest BCUT2D eigenvalue weighted by atomic mass is 10.3. The summed E-state index contributed by atoms with van der Waals surface area (Å²) in [4.78, 5) is 2.36. The number of hydrogen-bond acceptors (Lipinski definition) is 5. The van der Waals surface area contributed by atoms with E-state index in [1.54, 1.807) is 4.57 Å². The number of primary sulfonamides is 1. The van der Waals surface area contributed by atoms with E-state index in [1.807, 2.05) is 13.8 Å². The number of nitrogens with two attached hydrogens (primary N) is 1. The molecule has 1 aromatic heterocycles. The molecule has 1 aliphatic rings. The topological polar surface area (TPSA) is 94.1 Å². The van der Waals surface area contributed by atoms with Crippen molar-refractivity contribution >= 4 is 10.0 Å². The van der Waals surface area contributed by atoms with Gasteiger partial charge in [0.2, 0.25) is 0 Å². The van der Waals surface area contributed by atoms with Crippen LogP contribution in [0.15, 0.2) is 5.16 Å². The summed E-state index contributed by atoms with van der Waals surface area (Å²) in [5.41, 5.74) is 0. The molecule has 0 saturated carbocycles. The smallest absolute Gasteiger partial charge is 0.273 e. The van der Waals surface area contributed by atoms with Crippen LogP contribution in [0.25, 0.3) is 0 Å². The second kappa shape index (κ2) is 5.56. The Kier molecular flexibility index (Phi) is 4.22. The second-order valence-electron chi connectivity index (χ2n) is 5.21. The van der Waals surface area contributed by atoms with E-state index in [2.05, 4.69) is 15.1 Å². The summed E-state index contributed by atoms with van der Waals surface area (Å²) >= 11 is 0. The van der Waals surface area contributed by atoms with Gasteiger partial charge in [-0.1, -0.05) is 0 Å². The van der Waals surface area contributed by atoms with Crippen molar-refractivity contribution in [2.45, 2.75) is 44.3 Å². The van der Waals surface area contributed by atoms with Crippen LogP contribution >= 0.6 is 0 Å². The van der Waals surface area contributed by atoms with Gasteiger partial charge in [0.25, 0.3) is 15.2 Å². The Morgan fingerprint density at radius 1 is 1.26 bits per heavy atom. The highest BCUT2D eigenvalue weighted by Gasteiger charge is 2.23. The summed E-state index contributed by atoms with van der Waals surface area (Å²) in [6.07, 6.45) is 3.17. The minimum absolute atomic E-state index is 0.0306. The van der Waals surface area contributed by atoms with Crippen LogP contribution < -0.4 is 5.14 Å². The first-order valence-corrected chi connectivity index (χ1v) is 8.13. The molecule has 1 aliphatic heterocycles. The van der Waals surface area contributed by atoms with Crippen molar-refractivity contribution in [3.63, 3.8) is 0 Å². The molecule has 2 N–H and O–H groups in total. The van der Waals surface area contributed by atoms with Crippen molar-refractivity contribution in [1.29, 1.82) is 0 Å². The molecule has 0 aromatic carbocycles. The molecule has 2 heterocycles. The second-order valence-corrected chi connectivity index (χ2v) is 6.66. The van der Waals surface area contributed by atoms with E-state index in [0.717, 1.165) is 19.6 Å². The van der Waals surface area contributed by atoms with Gasteiger partial charge in [-0.15, -0.1) is 10.2 Å². The molecule has 108 valence electrons. The Hall–Kier alpha value is -0.990. The predicted octanol–water partition coefficient (Wildman–Crippen LogP) is 0.145. The fraction of sp³-hybridized carbons (Fsp3) is 0.818. The lowest BCUT2D eigenvalue weighted by molar-refractivity contribution is 0.336. The third-order valence-electron chi connectivity index (χ3n) is 3.36. The van der Waals surface area contributed by atoms with Crippen molar-refractivity contribution in [2.24, 2.45) is 5.14 Å².